The van der Waals surface area contributed by atoms with Crippen molar-refractivity contribution in [2.45, 2.75) is 24.7 Å². The molecule has 0 heterocycles. The van der Waals surface area contributed by atoms with Crippen LogP contribution < -0.4 is 10.0 Å². The van der Waals surface area contributed by atoms with E-state index in [-0.39, 0.29) is 33.6 Å². The molecule has 0 radical (unpaired) electrons. The summed E-state index contributed by atoms with van der Waals surface area (Å²) in [6.07, 6.45) is 1.70. The highest BCUT2D eigenvalue weighted by atomic mass is 32.2. The van der Waals surface area contributed by atoms with E-state index in [4.69, 9.17) is 0 Å². The largest absolute Gasteiger partial charge is 0.326 e. The van der Waals surface area contributed by atoms with E-state index in [1.54, 1.807) is 12.1 Å². The summed E-state index contributed by atoms with van der Waals surface area (Å²) in [4.78, 5) is 35.4. The van der Waals surface area contributed by atoms with Gasteiger partial charge in [0, 0.05) is 22.7 Å². The molecule has 0 aliphatic heterocycles. The Labute approximate surface area is 156 Å². The van der Waals surface area contributed by atoms with Crippen molar-refractivity contribution in [3.8, 4) is 0 Å². The van der Waals surface area contributed by atoms with Gasteiger partial charge in [0.1, 0.15) is 0 Å². The van der Waals surface area contributed by atoms with Crippen LogP contribution in [0.5, 0.6) is 0 Å². The molecule has 7 nitrogen and oxygen atoms in total. The minimum atomic E-state index is -4.14. The highest BCUT2D eigenvalue weighted by Crippen LogP contribution is 2.30. The molecule has 1 aliphatic rings. The van der Waals surface area contributed by atoms with E-state index >= 15 is 0 Å². The summed E-state index contributed by atoms with van der Waals surface area (Å²) in [5, 5.41) is 2.71. The number of hydrogen-bond donors (Lipinski definition) is 2. The Kier molecular flexibility index (Phi) is 5.09. The number of ketones is 1. The Morgan fingerprint density at radius 1 is 0.963 bits per heavy atom. The first-order valence-electron chi connectivity index (χ1n) is 8.35. The lowest BCUT2D eigenvalue weighted by Crippen LogP contribution is -2.30. The molecular formula is C19H18N2O5S. The van der Waals surface area contributed by atoms with Crippen LogP contribution >= 0.6 is 0 Å². The fourth-order valence-corrected chi connectivity index (χ4v) is 3.47. The van der Waals surface area contributed by atoms with Crippen LogP contribution in [0, 0.1) is 5.92 Å². The Morgan fingerprint density at radius 2 is 1.63 bits per heavy atom. The first-order chi connectivity index (χ1) is 12.8. The number of Topliss-reactive ketones (excluding diaryl/α,β-unsaturated/α-hetero) is 1. The van der Waals surface area contributed by atoms with Gasteiger partial charge in [-0.05, 0) is 50.1 Å². The second-order valence-corrected chi connectivity index (χ2v) is 8.05. The van der Waals surface area contributed by atoms with Crippen LogP contribution in [0.25, 0.3) is 0 Å². The zero-order valence-electron chi connectivity index (χ0n) is 14.6. The van der Waals surface area contributed by atoms with E-state index in [9.17, 15) is 22.8 Å². The molecule has 1 fully saturated rings. The first kappa shape index (κ1) is 18.8. The highest BCUT2D eigenvalue weighted by Gasteiger charge is 2.29. The second kappa shape index (κ2) is 7.32. The van der Waals surface area contributed by atoms with Gasteiger partial charge in [-0.1, -0.05) is 18.2 Å². The fraction of sp³-hybridized carbons (Fsp3) is 0.211. The molecule has 3 rings (SSSR count). The number of hydrogen-bond acceptors (Lipinski definition) is 5. The molecule has 140 valence electrons. The van der Waals surface area contributed by atoms with Gasteiger partial charge < -0.3 is 5.32 Å². The van der Waals surface area contributed by atoms with E-state index in [1.165, 1.54) is 43.3 Å². The summed E-state index contributed by atoms with van der Waals surface area (Å²) in [5.74, 6) is -1.21. The van der Waals surface area contributed by atoms with Gasteiger partial charge in [-0.2, -0.15) is 0 Å². The van der Waals surface area contributed by atoms with E-state index < -0.39 is 15.9 Å². The summed E-state index contributed by atoms with van der Waals surface area (Å²) in [7, 11) is -4.14. The van der Waals surface area contributed by atoms with Crippen LogP contribution in [0.3, 0.4) is 0 Å². The molecule has 0 unspecified atom stereocenters. The van der Waals surface area contributed by atoms with Gasteiger partial charge >= 0.3 is 0 Å². The van der Waals surface area contributed by atoms with Gasteiger partial charge in [-0.25, -0.2) is 13.1 Å². The molecule has 0 atom stereocenters. The van der Waals surface area contributed by atoms with E-state index in [0.717, 1.165) is 12.8 Å². The van der Waals surface area contributed by atoms with Crippen LogP contribution in [0.4, 0.5) is 5.69 Å². The molecule has 0 spiro atoms. The van der Waals surface area contributed by atoms with Gasteiger partial charge in [0.05, 0.1) is 4.90 Å². The minimum Gasteiger partial charge on any atom is -0.326 e. The van der Waals surface area contributed by atoms with Gasteiger partial charge in [-0.3, -0.25) is 14.4 Å². The number of anilines is 1. The lowest BCUT2D eigenvalue weighted by atomic mass is 10.2. The Balaban J connectivity index is 1.77. The van der Waals surface area contributed by atoms with Crippen LogP contribution in [0.2, 0.25) is 0 Å². The summed E-state index contributed by atoms with van der Waals surface area (Å²) in [6, 6.07) is 11.5. The predicted octanol–water partition coefficient (Wildman–Crippen LogP) is 2.36. The maximum Gasteiger partial charge on any atom is 0.265 e. The van der Waals surface area contributed by atoms with Crippen LogP contribution in [0.1, 0.15) is 40.5 Å². The van der Waals surface area contributed by atoms with Crippen molar-refractivity contribution in [1.29, 1.82) is 0 Å². The molecule has 8 heteroatoms. The number of amides is 2. The smallest absolute Gasteiger partial charge is 0.265 e. The molecule has 1 aliphatic carbocycles. The van der Waals surface area contributed by atoms with Crippen molar-refractivity contribution < 1.29 is 22.8 Å². The molecule has 0 bridgehead atoms. The third-order valence-electron chi connectivity index (χ3n) is 4.12. The summed E-state index contributed by atoms with van der Waals surface area (Å²) < 4.78 is 26.9. The van der Waals surface area contributed by atoms with Crippen LogP contribution in [-0.4, -0.2) is 26.0 Å². The molecule has 1 saturated carbocycles. The maximum atomic E-state index is 12.4. The molecule has 0 saturated heterocycles. The van der Waals surface area contributed by atoms with Crippen molar-refractivity contribution in [1.82, 2.24) is 4.72 Å². The molecule has 2 amide bonds. The van der Waals surface area contributed by atoms with Crippen LogP contribution in [-0.2, 0) is 14.8 Å². The van der Waals surface area contributed by atoms with E-state index in [1.807, 2.05) is 4.72 Å². The van der Waals surface area contributed by atoms with Crippen molar-refractivity contribution in [2.75, 3.05) is 5.32 Å². The summed E-state index contributed by atoms with van der Waals surface area (Å²) in [6.45, 7) is 1.33. The summed E-state index contributed by atoms with van der Waals surface area (Å²) >= 11 is 0. The number of nitrogens with one attached hydrogen (secondary N) is 2. The van der Waals surface area contributed by atoms with E-state index in [0.29, 0.717) is 5.69 Å². The number of benzene rings is 2. The Morgan fingerprint density at radius 3 is 2.30 bits per heavy atom. The lowest BCUT2D eigenvalue weighted by molar-refractivity contribution is -0.117. The fourth-order valence-electron chi connectivity index (χ4n) is 2.45. The normalized spacial score (nSPS) is 13.7. The SMILES string of the molecule is CC(=O)c1cccc(S(=O)(=O)NC(=O)c2cccc(NC(=O)C3CC3)c2)c1. The quantitative estimate of drug-likeness (QED) is 0.741. The zero-order valence-corrected chi connectivity index (χ0v) is 15.4. The van der Waals surface area contributed by atoms with E-state index in [2.05, 4.69) is 5.32 Å². The average molecular weight is 386 g/mol. The average Bonchev–Trinajstić information content (AvgIpc) is 3.47. The Bertz CT molecular complexity index is 1030. The minimum absolute atomic E-state index is 0.0106. The van der Waals surface area contributed by atoms with Gasteiger partial charge in [0.15, 0.2) is 5.78 Å². The monoisotopic (exact) mass is 386 g/mol. The van der Waals surface area contributed by atoms with Crippen LogP contribution in [0.15, 0.2) is 53.4 Å². The number of sulfonamides is 1. The zero-order chi connectivity index (χ0) is 19.6. The predicted molar refractivity (Wildman–Crippen MR) is 98.9 cm³/mol. The molecule has 2 aromatic rings. The second-order valence-electron chi connectivity index (χ2n) is 6.36. The van der Waals surface area contributed by atoms with Crippen molar-refractivity contribution >= 4 is 33.3 Å². The lowest BCUT2D eigenvalue weighted by Gasteiger charge is -2.09. The standard InChI is InChI=1S/C19H18N2O5S/c1-12(22)14-4-3-7-17(11-14)27(25,26)21-19(24)15-5-2-6-16(10-15)20-18(23)13-8-9-13/h2-7,10-11,13H,8-9H2,1H3,(H,20,23)(H,21,24). The van der Waals surface area contributed by atoms with Crippen molar-refractivity contribution in [3.05, 3.63) is 59.7 Å². The molecule has 2 N–H and O–H groups in total. The third kappa shape index (κ3) is 4.59. The molecular weight excluding hydrogens is 368 g/mol. The highest BCUT2D eigenvalue weighted by molar-refractivity contribution is 7.90. The molecule has 0 aromatic heterocycles. The third-order valence-corrected chi connectivity index (χ3v) is 5.45. The Hall–Kier alpha value is -3.00. The maximum absolute atomic E-state index is 12.4. The number of carbonyl (C=O) groups excluding carboxylic acids is 3. The molecule has 27 heavy (non-hydrogen) atoms. The number of carbonyl (C=O) groups is 3. The molecule has 2 aromatic carbocycles. The van der Waals surface area contributed by atoms with Gasteiger partial charge in [-0.15, -0.1) is 0 Å². The van der Waals surface area contributed by atoms with Gasteiger partial charge in [0.25, 0.3) is 15.9 Å². The van der Waals surface area contributed by atoms with Gasteiger partial charge in [0.2, 0.25) is 5.91 Å². The van der Waals surface area contributed by atoms with Crippen molar-refractivity contribution in [3.63, 3.8) is 0 Å². The topological polar surface area (TPSA) is 109 Å². The first-order valence-corrected chi connectivity index (χ1v) is 9.84. The van der Waals surface area contributed by atoms with Crippen molar-refractivity contribution in [2.24, 2.45) is 5.92 Å². The number of rotatable bonds is 6. The summed E-state index contributed by atoms with van der Waals surface area (Å²) in [5.41, 5.74) is 0.750.